The van der Waals surface area contributed by atoms with Crippen LogP contribution in [0.4, 0.5) is 0 Å². The summed E-state index contributed by atoms with van der Waals surface area (Å²) in [6, 6.07) is 6.49. The molecule has 0 radical (unpaired) electrons. The Balaban J connectivity index is 2.28. The third-order valence-corrected chi connectivity index (χ3v) is 5.58. The Morgan fingerprint density at radius 2 is 1.86 bits per heavy atom. The van der Waals surface area contributed by atoms with Crippen LogP contribution >= 0.6 is 12.2 Å². The van der Waals surface area contributed by atoms with Gasteiger partial charge in [0.25, 0.3) is 5.56 Å². The van der Waals surface area contributed by atoms with Gasteiger partial charge in [0.1, 0.15) is 0 Å². The van der Waals surface area contributed by atoms with Gasteiger partial charge in [0.15, 0.2) is 5.11 Å². The van der Waals surface area contributed by atoms with Gasteiger partial charge in [-0.2, -0.15) is 0 Å². The first-order valence-electron chi connectivity index (χ1n) is 10.0. The van der Waals surface area contributed by atoms with Crippen molar-refractivity contribution in [2.45, 2.75) is 53.1 Å². The topological polar surface area (TPSA) is 51.4 Å². The van der Waals surface area contributed by atoms with E-state index in [0.29, 0.717) is 17.7 Å². The molecule has 6 heteroatoms. The molecule has 0 aliphatic carbocycles. The molecule has 0 fully saturated rings. The fourth-order valence-corrected chi connectivity index (χ4v) is 3.44. The maximum absolute atomic E-state index is 12.7. The van der Waals surface area contributed by atoms with E-state index in [4.69, 9.17) is 12.2 Å². The quantitative estimate of drug-likeness (QED) is 0.661. The van der Waals surface area contributed by atoms with Crippen LogP contribution in [0.25, 0.3) is 10.9 Å². The molecule has 5 nitrogen and oxygen atoms in total. The zero-order valence-corrected chi connectivity index (χ0v) is 18.9. The van der Waals surface area contributed by atoms with Crippen molar-refractivity contribution in [3.63, 3.8) is 0 Å². The highest BCUT2D eigenvalue weighted by Crippen LogP contribution is 2.18. The van der Waals surface area contributed by atoms with E-state index < -0.39 is 0 Å². The van der Waals surface area contributed by atoms with Crippen LogP contribution < -0.4 is 10.9 Å². The Morgan fingerprint density at radius 3 is 2.50 bits per heavy atom. The molecule has 2 N–H and O–H groups in total. The minimum Gasteiger partial charge on any atom is -0.360 e. The number of hydrogen-bond donors (Lipinski definition) is 2. The molecular weight excluding hydrogens is 368 g/mol. The van der Waals surface area contributed by atoms with E-state index in [0.717, 1.165) is 42.4 Å². The lowest BCUT2D eigenvalue weighted by atomic mass is 10.0. The van der Waals surface area contributed by atoms with Gasteiger partial charge in [0.05, 0.1) is 6.54 Å². The summed E-state index contributed by atoms with van der Waals surface area (Å²) < 4.78 is 0. The Kier molecular flexibility index (Phi) is 8.01. The number of fused-ring (bicyclic) bond motifs is 1. The lowest BCUT2D eigenvalue weighted by Crippen LogP contribution is -2.44. The molecule has 154 valence electrons. The molecule has 2 rings (SSSR count). The maximum Gasteiger partial charge on any atom is 0.253 e. The standard InChI is InChI=1S/C22H34N4OS/c1-7-17(4)23-22(28)26(10-8-9-25(5)6)14-19-13-18-11-15(2)16(3)12-20(18)24-21(19)27/h11-13,17H,7-10,14H2,1-6H3,(H,23,28)(H,24,27)/t17-/m0/s1. The summed E-state index contributed by atoms with van der Waals surface area (Å²) in [4.78, 5) is 20.0. The van der Waals surface area contributed by atoms with Crippen molar-refractivity contribution >= 4 is 28.2 Å². The number of aromatic amines is 1. The van der Waals surface area contributed by atoms with Gasteiger partial charge in [0, 0.05) is 23.7 Å². The molecule has 2 aromatic rings. The highest BCUT2D eigenvalue weighted by atomic mass is 32.1. The van der Waals surface area contributed by atoms with Crippen molar-refractivity contribution in [1.29, 1.82) is 0 Å². The first kappa shape index (κ1) is 22.4. The molecule has 0 amide bonds. The van der Waals surface area contributed by atoms with Gasteiger partial charge in [0.2, 0.25) is 0 Å². The van der Waals surface area contributed by atoms with Crippen LogP contribution in [0.1, 0.15) is 43.4 Å². The molecule has 0 spiro atoms. The zero-order chi connectivity index (χ0) is 20.8. The minimum absolute atomic E-state index is 0.0419. The van der Waals surface area contributed by atoms with Crippen LogP contribution in [0.5, 0.6) is 0 Å². The predicted octanol–water partition coefficient (Wildman–Crippen LogP) is 3.57. The molecule has 1 aromatic heterocycles. The van der Waals surface area contributed by atoms with Gasteiger partial charge in [-0.25, -0.2) is 0 Å². The largest absolute Gasteiger partial charge is 0.360 e. The summed E-state index contributed by atoms with van der Waals surface area (Å²) in [5.74, 6) is 0. The summed E-state index contributed by atoms with van der Waals surface area (Å²) in [6.45, 7) is 10.7. The smallest absolute Gasteiger partial charge is 0.253 e. The van der Waals surface area contributed by atoms with Crippen LogP contribution in [0.2, 0.25) is 0 Å². The minimum atomic E-state index is -0.0419. The van der Waals surface area contributed by atoms with Gasteiger partial charge in [-0.05, 0) is 101 Å². The molecule has 1 atom stereocenters. The van der Waals surface area contributed by atoms with Crippen LogP contribution in [0.3, 0.4) is 0 Å². The van der Waals surface area contributed by atoms with Gasteiger partial charge in [-0.3, -0.25) is 4.79 Å². The second-order valence-electron chi connectivity index (χ2n) is 7.98. The number of thiocarbonyl (C=S) groups is 1. The zero-order valence-electron chi connectivity index (χ0n) is 18.1. The third-order valence-electron chi connectivity index (χ3n) is 5.20. The normalized spacial score (nSPS) is 12.4. The molecule has 0 bridgehead atoms. The molecular formula is C22H34N4OS. The second kappa shape index (κ2) is 10.0. The van der Waals surface area contributed by atoms with Crippen LogP contribution in [-0.4, -0.2) is 53.1 Å². The van der Waals surface area contributed by atoms with Crippen molar-refractivity contribution in [2.75, 3.05) is 27.2 Å². The number of nitrogens with one attached hydrogen (secondary N) is 2. The summed E-state index contributed by atoms with van der Waals surface area (Å²) in [7, 11) is 4.14. The number of rotatable bonds is 8. The van der Waals surface area contributed by atoms with Gasteiger partial charge >= 0.3 is 0 Å². The predicted molar refractivity (Wildman–Crippen MR) is 123 cm³/mol. The van der Waals surface area contributed by atoms with Crippen molar-refractivity contribution in [3.05, 3.63) is 45.2 Å². The van der Waals surface area contributed by atoms with Crippen LogP contribution in [0.15, 0.2) is 23.0 Å². The van der Waals surface area contributed by atoms with Crippen molar-refractivity contribution in [3.8, 4) is 0 Å². The lowest BCUT2D eigenvalue weighted by molar-refractivity contribution is 0.338. The van der Waals surface area contributed by atoms with Crippen LogP contribution in [0, 0.1) is 13.8 Å². The first-order valence-corrected chi connectivity index (χ1v) is 10.5. The number of benzene rings is 1. The van der Waals surface area contributed by atoms with E-state index in [-0.39, 0.29) is 5.56 Å². The molecule has 0 unspecified atom stereocenters. The Labute approximate surface area is 174 Å². The van der Waals surface area contributed by atoms with Gasteiger partial charge in [-0.1, -0.05) is 6.92 Å². The number of pyridine rings is 1. The molecule has 28 heavy (non-hydrogen) atoms. The van der Waals surface area contributed by atoms with Crippen molar-refractivity contribution in [2.24, 2.45) is 0 Å². The second-order valence-corrected chi connectivity index (χ2v) is 8.37. The van der Waals surface area contributed by atoms with Crippen molar-refractivity contribution < 1.29 is 0 Å². The monoisotopic (exact) mass is 402 g/mol. The Hall–Kier alpha value is -1.92. The SMILES string of the molecule is CC[C@H](C)NC(=S)N(CCCN(C)C)Cc1cc2cc(C)c(C)cc2[nH]c1=O. The lowest BCUT2D eigenvalue weighted by Gasteiger charge is -2.28. The molecule has 0 aliphatic heterocycles. The highest BCUT2D eigenvalue weighted by Gasteiger charge is 2.15. The van der Waals surface area contributed by atoms with E-state index in [2.05, 4.69) is 68.0 Å². The summed E-state index contributed by atoms with van der Waals surface area (Å²) >= 11 is 5.66. The van der Waals surface area contributed by atoms with Crippen molar-refractivity contribution in [1.82, 2.24) is 20.1 Å². The number of aryl methyl sites for hydroxylation is 2. The number of aromatic nitrogens is 1. The third kappa shape index (κ3) is 6.04. The first-order chi connectivity index (χ1) is 13.2. The summed E-state index contributed by atoms with van der Waals surface area (Å²) in [5, 5.41) is 5.17. The van der Waals surface area contributed by atoms with E-state index >= 15 is 0 Å². The Morgan fingerprint density at radius 1 is 1.18 bits per heavy atom. The molecule has 0 aliphatic rings. The van der Waals surface area contributed by atoms with Gasteiger partial charge in [-0.15, -0.1) is 0 Å². The van der Waals surface area contributed by atoms with E-state index in [1.54, 1.807) is 0 Å². The molecule has 1 heterocycles. The number of H-pyrrole nitrogens is 1. The van der Waals surface area contributed by atoms with Crippen LogP contribution in [-0.2, 0) is 6.54 Å². The average Bonchev–Trinajstić information content (AvgIpc) is 2.62. The molecule has 1 aromatic carbocycles. The maximum atomic E-state index is 12.7. The summed E-state index contributed by atoms with van der Waals surface area (Å²) in [5.41, 5.74) is 3.99. The number of nitrogens with zero attached hydrogens (tertiary/aromatic N) is 2. The average molecular weight is 403 g/mol. The summed E-state index contributed by atoms with van der Waals surface area (Å²) in [6.07, 6.45) is 1.99. The van der Waals surface area contributed by atoms with E-state index in [1.165, 1.54) is 11.1 Å². The van der Waals surface area contributed by atoms with Gasteiger partial charge < -0.3 is 20.1 Å². The van der Waals surface area contributed by atoms with E-state index in [1.807, 2.05) is 12.1 Å². The fraction of sp³-hybridized carbons (Fsp3) is 0.545. The van der Waals surface area contributed by atoms with E-state index in [9.17, 15) is 4.79 Å². The number of hydrogen-bond acceptors (Lipinski definition) is 3. The molecule has 0 saturated heterocycles. The fourth-order valence-electron chi connectivity index (χ4n) is 3.08. The molecule has 0 saturated carbocycles. The highest BCUT2D eigenvalue weighted by molar-refractivity contribution is 7.80. The Bertz CT molecular complexity index is 875.